The first kappa shape index (κ1) is 21.0. The fourth-order valence-corrected chi connectivity index (χ4v) is 3.27. The number of benzene rings is 2. The number of aromatic nitrogens is 2. The molecule has 0 saturated carbocycles. The molecule has 1 N–H and O–H groups in total. The predicted molar refractivity (Wildman–Crippen MR) is 114 cm³/mol. The zero-order valence-electron chi connectivity index (χ0n) is 16.9. The maximum Gasteiger partial charge on any atom is 0.227 e. The largest absolute Gasteiger partial charge is 0.354 e. The van der Waals surface area contributed by atoms with Gasteiger partial charge in [0.05, 0.1) is 6.04 Å². The van der Waals surface area contributed by atoms with Gasteiger partial charge in [-0.2, -0.15) is 4.98 Å². The molecular formula is C22H25ClN4O2. The third-order valence-corrected chi connectivity index (χ3v) is 5.07. The van der Waals surface area contributed by atoms with Crippen molar-refractivity contribution in [2.45, 2.75) is 25.8 Å². The Morgan fingerprint density at radius 2 is 1.90 bits per heavy atom. The van der Waals surface area contributed by atoms with E-state index >= 15 is 0 Å². The highest BCUT2D eigenvalue weighted by Gasteiger charge is 2.18. The number of aryl methyl sites for hydroxylation is 2. The molecule has 29 heavy (non-hydrogen) atoms. The molecule has 1 heterocycles. The minimum Gasteiger partial charge on any atom is -0.354 e. The van der Waals surface area contributed by atoms with Crippen LogP contribution in [0.5, 0.6) is 0 Å². The molecule has 2 aromatic carbocycles. The Hall–Kier alpha value is -2.70. The maximum atomic E-state index is 12.3. The Labute approximate surface area is 175 Å². The normalized spacial score (nSPS) is 12.2. The standard InChI is InChI=1S/C22H25ClN4O2/c1-15-8-10-16(11-9-15)22-25-21(29-26-22)13-12-20(28)24-14-19(27(2)3)17-6-4-5-7-18(17)23/h4-11,19H,12-14H2,1-3H3,(H,24,28). The fraction of sp³-hybridized carbons (Fsp3) is 0.318. The summed E-state index contributed by atoms with van der Waals surface area (Å²) in [6.45, 7) is 2.49. The van der Waals surface area contributed by atoms with Crippen LogP contribution in [-0.4, -0.2) is 41.6 Å². The van der Waals surface area contributed by atoms with Gasteiger partial charge in [-0.1, -0.05) is 64.8 Å². The van der Waals surface area contributed by atoms with Gasteiger partial charge in [-0.15, -0.1) is 0 Å². The predicted octanol–water partition coefficient (Wildman–Crippen LogP) is 4.05. The Bertz CT molecular complexity index is 953. The second kappa shape index (κ2) is 9.67. The highest BCUT2D eigenvalue weighted by molar-refractivity contribution is 6.31. The molecule has 1 atom stereocenters. The van der Waals surface area contributed by atoms with Gasteiger partial charge in [-0.25, -0.2) is 0 Å². The van der Waals surface area contributed by atoms with Crippen molar-refractivity contribution >= 4 is 17.5 Å². The number of hydrogen-bond donors (Lipinski definition) is 1. The van der Waals surface area contributed by atoms with Crippen LogP contribution in [0.15, 0.2) is 53.1 Å². The van der Waals surface area contributed by atoms with Gasteiger partial charge in [0.15, 0.2) is 0 Å². The lowest BCUT2D eigenvalue weighted by molar-refractivity contribution is -0.121. The molecule has 0 fully saturated rings. The number of likely N-dealkylation sites (N-methyl/N-ethyl adjacent to an activating group) is 1. The third-order valence-electron chi connectivity index (χ3n) is 4.72. The van der Waals surface area contributed by atoms with E-state index in [-0.39, 0.29) is 18.4 Å². The molecule has 6 nitrogen and oxygen atoms in total. The number of hydrogen-bond acceptors (Lipinski definition) is 5. The quantitative estimate of drug-likeness (QED) is 0.604. The summed E-state index contributed by atoms with van der Waals surface area (Å²) < 4.78 is 5.28. The molecule has 152 valence electrons. The van der Waals surface area contributed by atoms with Crippen LogP contribution in [0.25, 0.3) is 11.4 Å². The van der Waals surface area contributed by atoms with Gasteiger partial charge in [0.2, 0.25) is 17.6 Å². The minimum atomic E-state index is -0.0704. The zero-order chi connectivity index (χ0) is 20.8. The first-order valence-electron chi connectivity index (χ1n) is 9.51. The molecule has 0 spiro atoms. The lowest BCUT2D eigenvalue weighted by Crippen LogP contribution is -2.34. The van der Waals surface area contributed by atoms with Gasteiger partial charge < -0.3 is 14.7 Å². The summed E-state index contributed by atoms with van der Waals surface area (Å²) in [4.78, 5) is 18.7. The number of halogens is 1. The lowest BCUT2D eigenvalue weighted by atomic mass is 10.1. The summed E-state index contributed by atoms with van der Waals surface area (Å²) in [6, 6.07) is 15.6. The van der Waals surface area contributed by atoms with Gasteiger partial charge in [0.1, 0.15) is 0 Å². The molecule has 1 unspecified atom stereocenters. The summed E-state index contributed by atoms with van der Waals surface area (Å²) in [6.07, 6.45) is 0.668. The van der Waals surface area contributed by atoms with Crippen molar-refractivity contribution in [1.82, 2.24) is 20.4 Å². The van der Waals surface area contributed by atoms with Crippen molar-refractivity contribution in [2.24, 2.45) is 0 Å². The second-order valence-corrected chi connectivity index (χ2v) is 7.59. The zero-order valence-corrected chi connectivity index (χ0v) is 17.6. The molecule has 7 heteroatoms. The molecule has 3 aromatic rings. The van der Waals surface area contributed by atoms with Crippen molar-refractivity contribution in [3.63, 3.8) is 0 Å². The monoisotopic (exact) mass is 412 g/mol. The van der Waals surface area contributed by atoms with Crippen molar-refractivity contribution < 1.29 is 9.32 Å². The van der Waals surface area contributed by atoms with E-state index in [0.717, 1.165) is 11.1 Å². The van der Waals surface area contributed by atoms with Gasteiger partial charge in [-0.3, -0.25) is 4.79 Å². The summed E-state index contributed by atoms with van der Waals surface area (Å²) in [5.41, 5.74) is 3.05. The molecule has 1 aromatic heterocycles. The minimum absolute atomic E-state index is 0.0100. The van der Waals surface area contributed by atoms with E-state index in [1.54, 1.807) is 0 Å². The first-order valence-corrected chi connectivity index (χ1v) is 9.89. The molecule has 0 saturated heterocycles. The highest BCUT2D eigenvalue weighted by Crippen LogP contribution is 2.25. The van der Waals surface area contributed by atoms with Crippen LogP contribution in [0.1, 0.15) is 29.5 Å². The Kier molecular flexibility index (Phi) is 7.01. The van der Waals surface area contributed by atoms with E-state index in [0.29, 0.717) is 29.7 Å². The van der Waals surface area contributed by atoms with E-state index in [9.17, 15) is 4.79 Å². The average molecular weight is 413 g/mol. The van der Waals surface area contributed by atoms with Crippen LogP contribution in [0.2, 0.25) is 5.02 Å². The maximum absolute atomic E-state index is 12.3. The lowest BCUT2D eigenvalue weighted by Gasteiger charge is -2.26. The van der Waals surface area contributed by atoms with Gasteiger partial charge in [0.25, 0.3) is 0 Å². The number of carbonyl (C=O) groups excluding carboxylic acids is 1. The van der Waals surface area contributed by atoms with Crippen LogP contribution in [0, 0.1) is 6.92 Å². The van der Waals surface area contributed by atoms with E-state index < -0.39 is 0 Å². The van der Waals surface area contributed by atoms with E-state index in [1.807, 2.05) is 74.4 Å². The number of amides is 1. The van der Waals surface area contributed by atoms with E-state index in [1.165, 1.54) is 5.56 Å². The molecule has 0 aliphatic carbocycles. The molecule has 3 rings (SSSR count). The molecule has 0 aliphatic rings. The number of nitrogens with one attached hydrogen (secondary N) is 1. The Morgan fingerprint density at radius 3 is 2.59 bits per heavy atom. The second-order valence-electron chi connectivity index (χ2n) is 7.18. The van der Waals surface area contributed by atoms with Crippen molar-refractivity contribution in [3.05, 3.63) is 70.6 Å². The molecule has 0 radical (unpaired) electrons. The average Bonchev–Trinajstić information content (AvgIpc) is 3.17. The third kappa shape index (κ3) is 5.65. The summed E-state index contributed by atoms with van der Waals surface area (Å²) in [5, 5.41) is 7.67. The summed E-state index contributed by atoms with van der Waals surface area (Å²) in [5.74, 6) is 0.914. The van der Waals surface area contributed by atoms with Crippen LogP contribution in [-0.2, 0) is 11.2 Å². The van der Waals surface area contributed by atoms with Gasteiger partial charge in [0, 0.05) is 30.0 Å². The molecule has 1 amide bonds. The van der Waals surface area contributed by atoms with Crippen molar-refractivity contribution in [1.29, 1.82) is 0 Å². The highest BCUT2D eigenvalue weighted by atomic mass is 35.5. The van der Waals surface area contributed by atoms with Crippen molar-refractivity contribution in [2.75, 3.05) is 20.6 Å². The van der Waals surface area contributed by atoms with E-state index in [4.69, 9.17) is 16.1 Å². The topological polar surface area (TPSA) is 71.3 Å². The summed E-state index contributed by atoms with van der Waals surface area (Å²) >= 11 is 6.31. The van der Waals surface area contributed by atoms with Crippen molar-refractivity contribution in [3.8, 4) is 11.4 Å². The summed E-state index contributed by atoms with van der Waals surface area (Å²) in [7, 11) is 3.93. The smallest absolute Gasteiger partial charge is 0.227 e. The Morgan fingerprint density at radius 1 is 1.17 bits per heavy atom. The van der Waals surface area contributed by atoms with Crippen LogP contribution in [0.4, 0.5) is 0 Å². The molecule has 0 bridgehead atoms. The SMILES string of the molecule is Cc1ccc(-c2noc(CCC(=O)NCC(c3ccccc3Cl)N(C)C)n2)cc1. The number of carbonyl (C=O) groups is 1. The van der Waals surface area contributed by atoms with Crippen LogP contribution < -0.4 is 5.32 Å². The molecule has 0 aliphatic heterocycles. The Balaban J connectivity index is 1.53. The fourth-order valence-electron chi connectivity index (χ4n) is 3.01. The van der Waals surface area contributed by atoms with Crippen LogP contribution >= 0.6 is 11.6 Å². The first-order chi connectivity index (χ1) is 13.9. The number of rotatable bonds is 8. The van der Waals surface area contributed by atoms with E-state index in [2.05, 4.69) is 15.5 Å². The van der Waals surface area contributed by atoms with Crippen LogP contribution in [0.3, 0.4) is 0 Å². The van der Waals surface area contributed by atoms with Gasteiger partial charge >= 0.3 is 0 Å². The molecular weight excluding hydrogens is 388 g/mol. The number of nitrogens with zero attached hydrogens (tertiary/aromatic N) is 3. The van der Waals surface area contributed by atoms with Gasteiger partial charge in [-0.05, 0) is 32.6 Å².